The average molecular weight is 392 g/mol. The van der Waals surface area contributed by atoms with E-state index in [1.165, 1.54) is 6.92 Å². The lowest BCUT2D eigenvalue weighted by atomic mass is 9.87. The number of rotatable bonds is 0. The van der Waals surface area contributed by atoms with Crippen molar-refractivity contribution in [3.8, 4) is 6.19 Å². The second-order valence-corrected chi connectivity index (χ2v) is 8.92. The Kier molecular flexibility index (Phi) is 18.2. The molecule has 0 aromatic carbocycles. The van der Waals surface area contributed by atoms with E-state index < -0.39 is 16.6 Å². The molecule has 0 aliphatic rings. The summed E-state index contributed by atoms with van der Waals surface area (Å²) in [7, 11) is 1.65. The van der Waals surface area contributed by atoms with Gasteiger partial charge in [0.15, 0.2) is 12.0 Å². The van der Waals surface area contributed by atoms with Crippen molar-refractivity contribution in [3.63, 3.8) is 0 Å². The molecule has 0 heterocycles. The second kappa shape index (κ2) is 13.5. The van der Waals surface area contributed by atoms with Gasteiger partial charge in [0, 0.05) is 23.3 Å². The summed E-state index contributed by atoms with van der Waals surface area (Å²) >= 11 is 0. The van der Waals surface area contributed by atoms with Crippen molar-refractivity contribution in [1.29, 1.82) is 5.26 Å². The van der Waals surface area contributed by atoms with Crippen LogP contribution in [0.15, 0.2) is 0 Å². The number of amides is 2. The van der Waals surface area contributed by atoms with Crippen LogP contribution >= 0.6 is 0 Å². The minimum Gasteiger partial charge on any atom is -0.365 e. The van der Waals surface area contributed by atoms with Crippen LogP contribution in [-0.4, -0.2) is 34.9 Å². The number of nitriles is 1. The molecular weight excluding hydrogens is 346 g/mol. The van der Waals surface area contributed by atoms with Crippen LogP contribution in [0.2, 0.25) is 0 Å². The molecule has 164 valence electrons. The van der Waals surface area contributed by atoms with Gasteiger partial charge in [-0.2, -0.15) is 5.26 Å². The summed E-state index contributed by atoms with van der Waals surface area (Å²) in [4.78, 5) is 21.5. The number of aliphatic hydroxyl groups is 2. The molecule has 7 nitrogen and oxygen atoms in total. The Balaban J connectivity index is -0.0000000866. The van der Waals surface area contributed by atoms with E-state index >= 15 is 0 Å². The Morgan fingerprint density at radius 1 is 0.778 bits per heavy atom. The molecule has 0 atom stereocenters. The largest absolute Gasteiger partial charge is 0.365 e. The Hall–Kier alpha value is -1.65. The summed E-state index contributed by atoms with van der Waals surface area (Å²) in [6.07, 6.45) is 1.57. The van der Waals surface area contributed by atoms with Crippen molar-refractivity contribution >= 4 is 11.8 Å². The van der Waals surface area contributed by atoms with Crippen molar-refractivity contribution in [2.24, 2.45) is 16.2 Å². The lowest BCUT2D eigenvalue weighted by molar-refractivity contribution is -0.212. The van der Waals surface area contributed by atoms with Crippen molar-refractivity contribution < 1.29 is 19.8 Å². The molecule has 27 heavy (non-hydrogen) atoms. The van der Waals surface area contributed by atoms with E-state index in [1.54, 1.807) is 54.8 Å². The van der Waals surface area contributed by atoms with E-state index in [1.807, 2.05) is 20.8 Å². The molecule has 0 aliphatic carbocycles. The standard InChI is InChI=1S/C6H10N2O.C6H13NO.C6H14O2.2CH4/c1-6(2,3)5(9)8-4-7;1-6(2,3)5(8)7-4;1-5(2,3)6(4,7)8;;/h1-3H3,(H,8,9);1-4H3,(H,7,8);7-8H,1-4H3;2*1H4. The van der Waals surface area contributed by atoms with Gasteiger partial charge in [-0.25, -0.2) is 0 Å². The van der Waals surface area contributed by atoms with Crippen LogP contribution < -0.4 is 10.6 Å². The molecule has 0 radical (unpaired) electrons. The number of hydrogen-bond acceptors (Lipinski definition) is 5. The average Bonchev–Trinajstić information content (AvgIpc) is 2.35. The topological polar surface area (TPSA) is 122 Å². The maximum atomic E-state index is 10.7. The molecule has 0 aliphatic heterocycles. The summed E-state index contributed by atoms with van der Waals surface area (Å²) in [5.74, 6) is -1.73. The summed E-state index contributed by atoms with van der Waals surface area (Å²) in [5, 5.41) is 30.5. The molecule has 0 bridgehead atoms. The fourth-order valence-corrected chi connectivity index (χ4v) is 0.613. The van der Waals surface area contributed by atoms with Crippen molar-refractivity contribution in [1.82, 2.24) is 10.6 Å². The number of hydrogen-bond donors (Lipinski definition) is 4. The monoisotopic (exact) mass is 391 g/mol. The van der Waals surface area contributed by atoms with Crippen LogP contribution in [0.3, 0.4) is 0 Å². The van der Waals surface area contributed by atoms with Crippen LogP contribution in [0.25, 0.3) is 0 Å². The van der Waals surface area contributed by atoms with Crippen LogP contribution in [-0.2, 0) is 9.59 Å². The van der Waals surface area contributed by atoms with Gasteiger partial charge >= 0.3 is 0 Å². The van der Waals surface area contributed by atoms with E-state index in [0.717, 1.165) is 0 Å². The third-order valence-corrected chi connectivity index (χ3v) is 3.18. The van der Waals surface area contributed by atoms with Crippen LogP contribution in [0.1, 0.15) is 84.1 Å². The Morgan fingerprint density at radius 2 is 1.04 bits per heavy atom. The van der Waals surface area contributed by atoms with Crippen molar-refractivity contribution in [2.75, 3.05) is 7.05 Å². The molecule has 2 amide bonds. The lowest BCUT2D eigenvalue weighted by Gasteiger charge is -2.31. The molecule has 0 unspecified atom stereocenters. The fourth-order valence-electron chi connectivity index (χ4n) is 0.613. The van der Waals surface area contributed by atoms with Crippen molar-refractivity contribution in [3.05, 3.63) is 0 Å². The number of nitrogens with zero attached hydrogens (tertiary/aromatic N) is 1. The van der Waals surface area contributed by atoms with E-state index in [9.17, 15) is 9.59 Å². The molecular formula is C20H45N3O4. The minimum absolute atomic E-state index is 0. The first-order valence-electron chi connectivity index (χ1n) is 8.08. The molecule has 0 fully saturated rings. The first kappa shape index (κ1) is 36.3. The highest BCUT2D eigenvalue weighted by Gasteiger charge is 2.32. The molecule has 7 heteroatoms. The van der Waals surface area contributed by atoms with Gasteiger partial charge in [-0.1, -0.05) is 77.2 Å². The summed E-state index contributed by atoms with van der Waals surface area (Å²) < 4.78 is 0. The highest BCUT2D eigenvalue weighted by Crippen LogP contribution is 2.26. The minimum atomic E-state index is -1.56. The van der Waals surface area contributed by atoms with Crippen LogP contribution in [0, 0.1) is 27.7 Å². The van der Waals surface area contributed by atoms with Crippen LogP contribution in [0.4, 0.5) is 0 Å². The first-order chi connectivity index (χ1) is 10.7. The summed E-state index contributed by atoms with van der Waals surface area (Å²) in [5.41, 5.74) is -1.16. The van der Waals surface area contributed by atoms with Crippen molar-refractivity contribution in [2.45, 2.75) is 89.9 Å². The smallest absolute Gasteiger partial charge is 0.238 e. The van der Waals surface area contributed by atoms with Gasteiger partial charge in [0.1, 0.15) is 0 Å². The highest BCUT2D eigenvalue weighted by atomic mass is 16.5. The zero-order valence-electron chi connectivity index (χ0n) is 17.7. The molecule has 0 saturated carbocycles. The predicted molar refractivity (Wildman–Crippen MR) is 112 cm³/mol. The maximum absolute atomic E-state index is 10.7. The van der Waals surface area contributed by atoms with Gasteiger partial charge in [0.05, 0.1) is 0 Å². The van der Waals surface area contributed by atoms with Gasteiger partial charge < -0.3 is 15.5 Å². The van der Waals surface area contributed by atoms with Gasteiger partial charge in [0.2, 0.25) is 11.8 Å². The van der Waals surface area contributed by atoms with Gasteiger partial charge in [-0.05, 0) is 6.92 Å². The normalized spacial score (nSPS) is 10.8. The third kappa shape index (κ3) is 20.5. The van der Waals surface area contributed by atoms with Gasteiger partial charge in [-0.15, -0.1) is 0 Å². The number of carbonyl (C=O) groups excluding carboxylic acids is 2. The number of nitrogens with one attached hydrogen (secondary N) is 2. The second-order valence-electron chi connectivity index (χ2n) is 8.92. The van der Waals surface area contributed by atoms with E-state index in [2.05, 4.69) is 10.6 Å². The fraction of sp³-hybridized carbons (Fsp3) is 0.850. The molecule has 0 aromatic rings. The highest BCUT2D eigenvalue weighted by molar-refractivity contribution is 5.82. The van der Waals surface area contributed by atoms with E-state index in [4.69, 9.17) is 15.5 Å². The van der Waals surface area contributed by atoms with Gasteiger partial charge in [0.25, 0.3) is 0 Å². The Labute approximate surface area is 167 Å². The summed E-state index contributed by atoms with van der Waals surface area (Å²) in [6.45, 7) is 17.6. The first-order valence-corrected chi connectivity index (χ1v) is 8.08. The maximum Gasteiger partial charge on any atom is 0.238 e. The zero-order chi connectivity index (χ0) is 21.3. The van der Waals surface area contributed by atoms with E-state index in [0.29, 0.717) is 0 Å². The zero-order valence-corrected chi connectivity index (χ0v) is 17.7. The molecule has 0 spiro atoms. The lowest BCUT2D eigenvalue weighted by Crippen LogP contribution is -2.39. The quantitative estimate of drug-likeness (QED) is 0.286. The SMILES string of the molecule is C.C.CC(C)(C)C(=O)NC#N.CC(C)(C)C(C)(O)O.CNC(=O)C(C)(C)C. The molecule has 0 aromatic heterocycles. The Bertz CT molecular complexity index is 442. The molecule has 0 saturated heterocycles. The third-order valence-electron chi connectivity index (χ3n) is 3.18. The number of carbonyl (C=O) groups is 2. The van der Waals surface area contributed by atoms with E-state index in [-0.39, 0.29) is 32.1 Å². The molecule has 4 N–H and O–H groups in total. The Morgan fingerprint density at radius 3 is 1.07 bits per heavy atom. The van der Waals surface area contributed by atoms with Crippen LogP contribution in [0.5, 0.6) is 0 Å². The predicted octanol–water partition coefficient (Wildman–Crippen LogP) is 3.41. The summed E-state index contributed by atoms with van der Waals surface area (Å²) in [6, 6.07) is 0. The molecule has 0 rings (SSSR count). The van der Waals surface area contributed by atoms with Gasteiger partial charge in [-0.3, -0.25) is 14.9 Å².